The maximum Gasteiger partial charge on any atom is 0.227 e. The van der Waals surface area contributed by atoms with Gasteiger partial charge in [-0.25, -0.2) is 4.98 Å². The Balaban J connectivity index is 1.88. The Hall–Kier alpha value is -1.11. The lowest BCUT2D eigenvalue weighted by Crippen LogP contribution is -2.46. The number of nitrogens with zero attached hydrogens (tertiary/aromatic N) is 4. The van der Waals surface area contributed by atoms with Crippen molar-refractivity contribution in [2.45, 2.75) is 25.9 Å². The first-order valence-electron chi connectivity index (χ1n) is 7.38. The van der Waals surface area contributed by atoms with E-state index in [2.05, 4.69) is 28.6 Å². The molecule has 0 aromatic carbocycles. The molecule has 2 aliphatic rings. The Kier molecular flexibility index (Phi) is 4.47. The molecule has 21 heavy (non-hydrogen) atoms. The molecule has 1 aromatic heterocycles. The van der Waals surface area contributed by atoms with Gasteiger partial charge in [0.05, 0.1) is 44.7 Å². The third kappa shape index (κ3) is 3.07. The van der Waals surface area contributed by atoms with Gasteiger partial charge in [0, 0.05) is 13.1 Å². The maximum atomic E-state index is 6.32. The van der Waals surface area contributed by atoms with Crippen molar-refractivity contribution < 1.29 is 9.47 Å². The Bertz CT molecular complexity index is 502. The minimum absolute atomic E-state index is 0.265. The van der Waals surface area contributed by atoms with Gasteiger partial charge in [-0.2, -0.15) is 4.98 Å². The molecule has 1 aromatic rings. The fourth-order valence-corrected chi connectivity index (χ4v) is 2.95. The number of hydrogen-bond acceptors (Lipinski definition) is 6. The van der Waals surface area contributed by atoms with E-state index in [9.17, 15) is 0 Å². The molecule has 2 atom stereocenters. The average molecular weight is 313 g/mol. The number of ether oxygens (including phenoxy) is 2. The van der Waals surface area contributed by atoms with Crippen LogP contribution in [-0.2, 0) is 9.47 Å². The zero-order valence-corrected chi connectivity index (χ0v) is 13.2. The van der Waals surface area contributed by atoms with Crippen LogP contribution in [0.15, 0.2) is 6.20 Å². The molecule has 0 aliphatic carbocycles. The minimum Gasteiger partial charge on any atom is -0.377 e. The van der Waals surface area contributed by atoms with Gasteiger partial charge in [0.25, 0.3) is 0 Å². The first-order valence-corrected chi connectivity index (χ1v) is 7.76. The van der Waals surface area contributed by atoms with Gasteiger partial charge < -0.3 is 19.3 Å². The zero-order valence-electron chi connectivity index (χ0n) is 12.5. The van der Waals surface area contributed by atoms with Crippen LogP contribution in [0, 0.1) is 0 Å². The molecule has 0 saturated carbocycles. The summed E-state index contributed by atoms with van der Waals surface area (Å²) in [5.74, 6) is 1.53. The molecule has 2 aliphatic heterocycles. The third-order valence-electron chi connectivity index (χ3n) is 3.98. The Morgan fingerprint density at radius 3 is 2.33 bits per heavy atom. The summed E-state index contributed by atoms with van der Waals surface area (Å²) in [4.78, 5) is 13.5. The predicted octanol–water partition coefficient (Wildman–Crippen LogP) is 1.58. The van der Waals surface area contributed by atoms with Gasteiger partial charge in [-0.1, -0.05) is 11.6 Å². The Morgan fingerprint density at radius 1 is 1.10 bits per heavy atom. The number of anilines is 2. The van der Waals surface area contributed by atoms with Crippen LogP contribution >= 0.6 is 11.6 Å². The van der Waals surface area contributed by atoms with Crippen LogP contribution in [-0.4, -0.2) is 61.6 Å². The van der Waals surface area contributed by atoms with Crippen molar-refractivity contribution >= 4 is 23.4 Å². The van der Waals surface area contributed by atoms with E-state index in [4.69, 9.17) is 26.1 Å². The van der Waals surface area contributed by atoms with Gasteiger partial charge >= 0.3 is 0 Å². The van der Waals surface area contributed by atoms with Crippen LogP contribution in [0.5, 0.6) is 0 Å². The standard InChI is InChI=1S/C14H21ClN4O2/c1-10-8-20-5-3-18(10)13-12(15)7-16-14(17-13)19-4-6-21-9-11(19)2/h7,10-11H,3-6,8-9H2,1-2H3. The largest absolute Gasteiger partial charge is 0.377 e. The molecule has 7 heteroatoms. The summed E-state index contributed by atoms with van der Waals surface area (Å²) < 4.78 is 11.0. The number of morpholine rings is 2. The van der Waals surface area contributed by atoms with E-state index in [0.29, 0.717) is 31.5 Å². The first kappa shape index (κ1) is 14.8. The third-order valence-corrected chi connectivity index (χ3v) is 4.24. The van der Waals surface area contributed by atoms with Crippen molar-refractivity contribution in [3.05, 3.63) is 11.2 Å². The quantitative estimate of drug-likeness (QED) is 0.826. The molecule has 6 nitrogen and oxygen atoms in total. The van der Waals surface area contributed by atoms with Crippen LogP contribution in [0.2, 0.25) is 5.02 Å². The van der Waals surface area contributed by atoms with Gasteiger partial charge in [-0.15, -0.1) is 0 Å². The summed E-state index contributed by atoms with van der Waals surface area (Å²) in [5, 5.41) is 0.591. The van der Waals surface area contributed by atoms with E-state index in [-0.39, 0.29) is 12.1 Å². The summed E-state index contributed by atoms with van der Waals surface area (Å²) in [5.41, 5.74) is 0. The fourth-order valence-electron chi connectivity index (χ4n) is 2.75. The molecule has 2 saturated heterocycles. The highest BCUT2D eigenvalue weighted by Gasteiger charge is 2.26. The van der Waals surface area contributed by atoms with Crippen LogP contribution in [0.25, 0.3) is 0 Å². The van der Waals surface area contributed by atoms with Crippen molar-refractivity contribution in [3.63, 3.8) is 0 Å². The highest BCUT2D eigenvalue weighted by atomic mass is 35.5. The lowest BCUT2D eigenvalue weighted by Gasteiger charge is -2.36. The molecule has 116 valence electrons. The van der Waals surface area contributed by atoms with Crippen LogP contribution in [0.4, 0.5) is 11.8 Å². The van der Waals surface area contributed by atoms with E-state index >= 15 is 0 Å². The molecule has 0 radical (unpaired) electrons. The molecule has 0 amide bonds. The first-order chi connectivity index (χ1) is 10.2. The van der Waals surface area contributed by atoms with Gasteiger partial charge in [-0.3, -0.25) is 0 Å². The van der Waals surface area contributed by atoms with Crippen molar-refractivity contribution in [2.75, 3.05) is 49.3 Å². The van der Waals surface area contributed by atoms with E-state index in [1.165, 1.54) is 0 Å². The number of rotatable bonds is 2. The molecule has 3 rings (SSSR count). The second-order valence-electron chi connectivity index (χ2n) is 5.58. The van der Waals surface area contributed by atoms with Gasteiger partial charge in [0.1, 0.15) is 5.02 Å². The molecule has 0 bridgehead atoms. The molecule has 2 unspecified atom stereocenters. The van der Waals surface area contributed by atoms with Crippen LogP contribution < -0.4 is 9.80 Å². The van der Waals surface area contributed by atoms with Crippen LogP contribution in [0.3, 0.4) is 0 Å². The van der Waals surface area contributed by atoms with E-state index in [1.54, 1.807) is 6.20 Å². The lowest BCUT2D eigenvalue weighted by atomic mass is 10.2. The zero-order chi connectivity index (χ0) is 14.8. The molecule has 0 spiro atoms. The Morgan fingerprint density at radius 2 is 1.71 bits per heavy atom. The van der Waals surface area contributed by atoms with Crippen molar-refractivity contribution in [1.82, 2.24) is 9.97 Å². The smallest absolute Gasteiger partial charge is 0.227 e. The second kappa shape index (κ2) is 6.34. The molecular formula is C14H21ClN4O2. The highest BCUT2D eigenvalue weighted by Crippen LogP contribution is 2.28. The van der Waals surface area contributed by atoms with Crippen LogP contribution in [0.1, 0.15) is 13.8 Å². The van der Waals surface area contributed by atoms with Crippen molar-refractivity contribution in [2.24, 2.45) is 0 Å². The summed E-state index contributed by atoms with van der Waals surface area (Å²) >= 11 is 6.32. The van der Waals surface area contributed by atoms with E-state index in [0.717, 1.165) is 24.9 Å². The number of hydrogen-bond donors (Lipinski definition) is 0. The van der Waals surface area contributed by atoms with Gasteiger partial charge in [-0.05, 0) is 13.8 Å². The lowest BCUT2D eigenvalue weighted by molar-refractivity contribution is 0.0972. The van der Waals surface area contributed by atoms with E-state index < -0.39 is 0 Å². The molecule has 2 fully saturated rings. The van der Waals surface area contributed by atoms with E-state index in [1.807, 2.05) is 0 Å². The fraction of sp³-hybridized carbons (Fsp3) is 0.714. The van der Waals surface area contributed by atoms with Crippen molar-refractivity contribution in [1.29, 1.82) is 0 Å². The topological polar surface area (TPSA) is 50.7 Å². The highest BCUT2D eigenvalue weighted by molar-refractivity contribution is 6.32. The summed E-state index contributed by atoms with van der Waals surface area (Å²) in [6.07, 6.45) is 1.70. The SMILES string of the molecule is CC1COCCN1c1ncc(Cl)c(N2CCOCC2C)n1. The molecule has 3 heterocycles. The number of halogens is 1. The monoisotopic (exact) mass is 312 g/mol. The maximum absolute atomic E-state index is 6.32. The summed E-state index contributed by atoms with van der Waals surface area (Å²) in [7, 11) is 0. The van der Waals surface area contributed by atoms with Crippen molar-refractivity contribution in [3.8, 4) is 0 Å². The Labute approximate surface area is 130 Å². The predicted molar refractivity (Wildman–Crippen MR) is 82.3 cm³/mol. The van der Waals surface area contributed by atoms with Gasteiger partial charge in [0.15, 0.2) is 5.82 Å². The summed E-state index contributed by atoms with van der Waals surface area (Å²) in [6.45, 7) is 8.66. The normalized spacial score (nSPS) is 27.0. The molecule has 0 N–H and O–H groups in total. The average Bonchev–Trinajstić information content (AvgIpc) is 2.49. The summed E-state index contributed by atoms with van der Waals surface area (Å²) in [6, 6.07) is 0.538. The van der Waals surface area contributed by atoms with Gasteiger partial charge in [0.2, 0.25) is 5.95 Å². The number of aromatic nitrogens is 2. The second-order valence-corrected chi connectivity index (χ2v) is 5.98. The minimum atomic E-state index is 0.265. The molecular weight excluding hydrogens is 292 g/mol.